The third-order valence-corrected chi connectivity index (χ3v) is 5.96. The van der Waals surface area contributed by atoms with Crippen LogP contribution < -0.4 is 5.32 Å². The van der Waals surface area contributed by atoms with E-state index in [1.807, 2.05) is 36.4 Å². The van der Waals surface area contributed by atoms with Crippen LogP contribution in [0.1, 0.15) is 49.3 Å². The molecule has 164 valence electrons. The molecule has 1 aliphatic rings. The molecule has 7 nitrogen and oxygen atoms in total. The third kappa shape index (κ3) is 4.61. The number of non-ortho nitro benzene ring substituents is 1. The molecule has 7 heteroatoms. The Bertz CT molecular complexity index is 1150. The summed E-state index contributed by atoms with van der Waals surface area (Å²) in [5, 5.41) is 26.0. The molecular weight excluding hydrogens is 406 g/mol. The first-order valence-corrected chi connectivity index (χ1v) is 10.8. The number of benzene rings is 2. The van der Waals surface area contributed by atoms with Crippen LogP contribution in [0, 0.1) is 16.0 Å². The first-order chi connectivity index (χ1) is 15.5. The van der Waals surface area contributed by atoms with Crippen molar-refractivity contribution in [1.29, 1.82) is 0 Å². The SMILES string of the molecule is O=C(N[C@@H](/C=C/c1ccccc1)c1cc([N+](=O)[O-])c2cccnc2c1O)C1CCCCC1. The summed E-state index contributed by atoms with van der Waals surface area (Å²) in [5.41, 5.74) is 1.14. The number of carbonyl (C=O) groups excluding carboxylic acids is 1. The van der Waals surface area contributed by atoms with Gasteiger partial charge in [0.2, 0.25) is 5.91 Å². The highest BCUT2D eigenvalue weighted by atomic mass is 16.6. The number of hydrogen-bond donors (Lipinski definition) is 2. The number of carbonyl (C=O) groups is 1. The Kier molecular flexibility index (Phi) is 6.44. The number of pyridine rings is 1. The predicted molar refractivity (Wildman–Crippen MR) is 123 cm³/mol. The van der Waals surface area contributed by atoms with E-state index in [4.69, 9.17) is 0 Å². The molecule has 3 aromatic rings. The lowest BCUT2D eigenvalue weighted by atomic mass is 9.88. The molecule has 1 fully saturated rings. The average molecular weight is 431 g/mol. The van der Waals surface area contributed by atoms with Crippen LogP contribution in [0.4, 0.5) is 5.69 Å². The Hall–Kier alpha value is -3.74. The molecule has 4 rings (SSSR count). The molecule has 1 atom stereocenters. The minimum atomic E-state index is -0.741. The molecule has 2 N–H and O–H groups in total. The summed E-state index contributed by atoms with van der Waals surface area (Å²) in [5.74, 6) is -0.361. The molecule has 1 aliphatic carbocycles. The largest absolute Gasteiger partial charge is 0.505 e. The summed E-state index contributed by atoms with van der Waals surface area (Å²) < 4.78 is 0. The van der Waals surface area contributed by atoms with Crippen molar-refractivity contribution in [3.63, 3.8) is 0 Å². The summed E-state index contributed by atoms with van der Waals surface area (Å²) in [6.45, 7) is 0. The van der Waals surface area contributed by atoms with Crippen molar-refractivity contribution in [1.82, 2.24) is 10.3 Å². The maximum absolute atomic E-state index is 13.0. The van der Waals surface area contributed by atoms with E-state index < -0.39 is 11.0 Å². The highest BCUT2D eigenvalue weighted by Gasteiger charge is 2.27. The van der Waals surface area contributed by atoms with E-state index >= 15 is 0 Å². The first kappa shape index (κ1) is 21.5. The molecule has 0 saturated heterocycles. The van der Waals surface area contributed by atoms with Gasteiger partial charge in [0, 0.05) is 23.7 Å². The fourth-order valence-electron chi connectivity index (χ4n) is 4.26. The van der Waals surface area contributed by atoms with Gasteiger partial charge in [-0.3, -0.25) is 19.9 Å². The number of nitro benzene ring substituents is 1. The number of fused-ring (bicyclic) bond motifs is 1. The molecule has 1 amide bonds. The van der Waals surface area contributed by atoms with Gasteiger partial charge in [-0.05, 0) is 30.5 Å². The Morgan fingerprint density at radius 1 is 1.16 bits per heavy atom. The van der Waals surface area contributed by atoms with Crippen molar-refractivity contribution in [3.8, 4) is 5.75 Å². The number of nitro groups is 1. The van der Waals surface area contributed by atoms with Gasteiger partial charge in [0.15, 0.2) is 0 Å². The number of phenols is 1. The summed E-state index contributed by atoms with van der Waals surface area (Å²) in [7, 11) is 0. The van der Waals surface area contributed by atoms with E-state index in [1.165, 1.54) is 12.3 Å². The normalized spacial score (nSPS) is 15.6. The van der Waals surface area contributed by atoms with Gasteiger partial charge in [-0.2, -0.15) is 0 Å². The minimum Gasteiger partial charge on any atom is -0.505 e. The number of nitrogens with one attached hydrogen (secondary N) is 1. The first-order valence-electron chi connectivity index (χ1n) is 10.8. The fraction of sp³-hybridized carbons (Fsp3) is 0.280. The van der Waals surface area contributed by atoms with E-state index in [0.717, 1.165) is 37.7 Å². The van der Waals surface area contributed by atoms with Crippen molar-refractivity contribution >= 4 is 28.6 Å². The average Bonchev–Trinajstić information content (AvgIpc) is 2.83. The molecule has 0 spiro atoms. The van der Waals surface area contributed by atoms with Crippen LogP contribution in [0.25, 0.3) is 17.0 Å². The van der Waals surface area contributed by atoms with Crippen molar-refractivity contribution in [3.05, 3.63) is 82.0 Å². The fourth-order valence-corrected chi connectivity index (χ4v) is 4.26. The van der Waals surface area contributed by atoms with Crippen LogP contribution in [-0.4, -0.2) is 20.9 Å². The highest BCUT2D eigenvalue weighted by molar-refractivity contribution is 5.94. The van der Waals surface area contributed by atoms with Crippen LogP contribution in [0.2, 0.25) is 0 Å². The van der Waals surface area contributed by atoms with E-state index in [1.54, 1.807) is 18.2 Å². The molecule has 1 aromatic heterocycles. The van der Waals surface area contributed by atoms with Gasteiger partial charge in [0.25, 0.3) is 5.69 Å². The highest BCUT2D eigenvalue weighted by Crippen LogP contribution is 2.38. The van der Waals surface area contributed by atoms with E-state index in [2.05, 4.69) is 10.3 Å². The number of aromatic hydroxyl groups is 1. The number of aromatic nitrogens is 1. The van der Waals surface area contributed by atoms with Crippen LogP contribution in [0.15, 0.2) is 60.8 Å². The van der Waals surface area contributed by atoms with E-state index in [-0.39, 0.29) is 39.7 Å². The summed E-state index contributed by atoms with van der Waals surface area (Å²) >= 11 is 0. The second-order valence-corrected chi connectivity index (χ2v) is 8.08. The molecule has 0 radical (unpaired) electrons. The quantitative estimate of drug-likeness (QED) is 0.407. The second kappa shape index (κ2) is 9.60. The van der Waals surface area contributed by atoms with Crippen molar-refractivity contribution in [2.45, 2.75) is 38.1 Å². The summed E-state index contributed by atoms with van der Waals surface area (Å²) in [6.07, 6.45) is 9.87. The van der Waals surface area contributed by atoms with Crippen LogP contribution in [0.3, 0.4) is 0 Å². The number of hydrogen-bond acceptors (Lipinski definition) is 5. The Morgan fingerprint density at radius 2 is 1.91 bits per heavy atom. The van der Waals surface area contributed by atoms with Gasteiger partial charge in [-0.15, -0.1) is 0 Å². The third-order valence-electron chi connectivity index (χ3n) is 5.96. The lowest BCUT2D eigenvalue weighted by molar-refractivity contribution is -0.383. The lowest BCUT2D eigenvalue weighted by Crippen LogP contribution is -2.34. The zero-order valence-corrected chi connectivity index (χ0v) is 17.6. The van der Waals surface area contributed by atoms with E-state index in [9.17, 15) is 20.0 Å². The molecule has 0 aliphatic heterocycles. The van der Waals surface area contributed by atoms with Crippen molar-refractivity contribution < 1.29 is 14.8 Å². The standard InChI is InChI=1S/C25H25N3O4/c29-24-20(16-22(28(31)32)19-12-7-15-26-23(19)24)21(14-13-17-8-3-1-4-9-17)27-25(30)18-10-5-2-6-11-18/h1,3-4,7-9,12-16,18,21,29H,2,5-6,10-11H2,(H,27,30)/b14-13+/t21-/m0/s1. The molecule has 32 heavy (non-hydrogen) atoms. The molecule has 1 heterocycles. The molecule has 2 aromatic carbocycles. The summed E-state index contributed by atoms with van der Waals surface area (Å²) in [4.78, 5) is 28.4. The number of amides is 1. The van der Waals surface area contributed by atoms with Gasteiger partial charge >= 0.3 is 0 Å². The summed E-state index contributed by atoms with van der Waals surface area (Å²) in [6, 6.07) is 13.3. The maximum atomic E-state index is 13.0. The molecule has 1 saturated carbocycles. The Balaban J connectivity index is 1.77. The Morgan fingerprint density at radius 3 is 2.62 bits per heavy atom. The zero-order valence-electron chi connectivity index (χ0n) is 17.6. The van der Waals surface area contributed by atoms with Crippen LogP contribution in [0.5, 0.6) is 5.75 Å². The number of nitrogens with zero attached hydrogens (tertiary/aromatic N) is 2. The van der Waals surface area contributed by atoms with Crippen molar-refractivity contribution in [2.75, 3.05) is 0 Å². The number of rotatable bonds is 6. The predicted octanol–water partition coefficient (Wildman–Crippen LogP) is 5.30. The van der Waals surface area contributed by atoms with Gasteiger partial charge < -0.3 is 10.4 Å². The maximum Gasteiger partial charge on any atom is 0.279 e. The molecular formula is C25H25N3O4. The topological polar surface area (TPSA) is 105 Å². The molecule has 0 unspecified atom stereocenters. The van der Waals surface area contributed by atoms with Crippen LogP contribution >= 0.6 is 0 Å². The van der Waals surface area contributed by atoms with Gasteiger partial charge in [-0.1, -0.05) is 61.7 Å². The molecule has 0 bridgehead atoms. The van der Waals surface area contributed by atoms with Gasteiger partial charge in [0.05, 0.1) is 16.4 Å². The zero-order chi connectivity index (χ0) is 22.5. The Labute approximate surface area is 186 Å². The van der Waals surface area contributed by atoms with Gasteiger partial charge in [0.1, 0.15) is 11.3 Å². The van der Waals surface area contributed by atoms with Gasteiger partial charge in [-0.25, -0.2) is 0 Å². The smallest absolute Gasteiger partial charge is 0.279 e. The minimum absolute atomic E-state index is 0.0907. The lowest BCUT2D eigenvalue weighted by Gasteiger charge is -2.24. The second-order valence-electron chi connectivity index (χ2n) is 8.08. The van der Waals surface area contributed by atoms with Crippen molar-refractivity contribution in [2.24, 2.45) is 5.92 Å². The monoisotopic (exact) mass is 431 g/mol. The van der Waals surface area contributed by atoms with E-state index in [0.29, 0.717) is 0 Å². The van der Waals surface area contributed by atoms with Crippen LogP contribution in [-0.2, 0) is 4.79 Å². The number of phenolic OH excluding ortho intramolecular Hbond substituents is 1.